The summed E-state index contributed by atoms with van der Waals surface area (Å²) in [5.74, 6) is 1.43. The SMILES string of the molecule is COc1cc(CNCCN2CCOCC2)cc(Br)c1OCc1cccnc1. The van der Waals surface area contributed by atoms with Crippen LogP contribution >= 0.6 is 15.9 Å². The van der Waals surface area contributed by atoms with Crippen LogP contribution in [0.25, 0.3) is 0 Å². The molecule has 1 aliphatic heterocycles. The number of benzene rings is 1. The van der Waals surface area contributed by atoms with E-state index in [1.807, 2.05) is 18.2 Å². The molecule has 146 valence electrons. The maximum Gasteiger partial charge on any atom is 0.175 e. The van der Waals surface area contributed by atoms with Gasteiger partial charge in [-0.05, 0) is 39.7 Å². The van der Waals surface area contributed by atoms with Crippen LogP contribution in [0.1, 0.15) is 11.1 Å². The van der Waals surface area contributed by atoms with Gasteiger partial charge in [-0.1, -0.05) is 6.07 Å². The number of ether oxygens (including phenoxy) is 3. The van der Waals surface area contributed by atoms with Crippen LogP contribution in [0.2, 0.25) is 0 Å². The normalized spacial score (nSPS) is 14.9. The van der Waals surface area contributed by atoms with Crippen molar-refractivity contribution in [3.8, 4) is 11.5 Å². The fraction of sp³-hybridized carbons (Fsp3) is 0.450. The molecule has 0 amide bonds. The van der Waals surface area contributed by atoms with E-state index in [9.17, 15) is 0 Å². The molecule has 1 saturated heterocycles. The van der Waals surface area contributed by atoms with Gasteiger partial charge in [0.25, 0.3) is 0 Å². The van der Waals surface area contributed by atoms with Crippen molar-refractivity contribution in [3.63, 3.8) is 0 Å². The minimum atomic E-state index is 0.444. The molecule has 0 aliphatic carbocycles. The van der Waals surface area contributed by atoms with Crippen molar-refractivity contribution < 1.29 is 14.2 Å². The summed E-state index contributed by atoms with van der Waals surface area (Å²) in [5.41, 5.74) is 2.16. The Kier molecular flexibility index (Phi) is 7.89. The zero-order valence-corrected chi connectivity index (χ0v) is 17.2. The van der Waals surface area contributed by atoms with E-state index in [0.29, 0.717) is 12.4 Å². The first-order chi connectivity index (χ1) is 13.3. The number of methoxy groups -OCH3 is 1. The minimum absolute atomic E-state index is 0.444. The molecule has 2 heterocycles. The Morgan fingerprint density at radius 1 is 1.26 bits per heavy atom. The molecule has 27 heavy (non-hydrogen) atoms. The predicted molar refractivity (Wildman–Crippen MR) is 108 cm³/mol. The summed E-state index contributed by atoms with van der Waals surface area (Å²) < 4.78 is 17.8. The van der Waals surface area contributed by atoms with Crippen LogP contribution in [-0.2, 0) is 17.9 Å². The number of aromatic nitrogens is 1. The average Bonchev–Trinajstić information content (AvgIpc) is 2.71. The lowest BCUT2D eigenvalue weighted by atomic mass is 10.2. The Labute approximate surface area is 169 Å². The highest BCUT2D eigenvalue weighted by Gasteiger charge is 2.13. The summed E-state index contributed by atoms with van der Waals surface area (Å²) >= 11 is 3.61. The second-order valence-electron chi connectivity index (χ2n) is 6.39. The number of nitrogens with one attached hydrogen (secondary N) is 1. The molecule has 2 aromatic rings. The van der Waals surface area contributed by atoms with Gasteiger partial charge >= 0.3 is 0 Å². The van der Waals surface area contributed by atoms with Crippen LogP contribution in [0.3, 0.4) is 0 Å². The lowest BCUT2D eigenvalue weighted by Gasteiger charge is -2.26. The van der Waals surface area contributed by atoms with E-state index in [-0.39, 0.29) is 0 Å². The van der Waals surface area contributed by atoms with Crippen molar-refractivity contribution in [2.45, 2.75) is 13.2 Å². The van der Waals surface area contributed by atoms with Gasteiger partial charge in [0.2, 0.25) is 0 Å². The monoisotopic (exact) mass is 435 g/mol. The van der Waals surface area contributed by atoms with Gasteiger partial charge in [0, 0.05) is 50.7 Å². The Bertz CT molecular complexity index is 709. The summed E-state index contributed by atoms with van der Waals surface area (Å²) in [6.07, 6.45) is 3.55. The van der Waals surface area contributed by atoms with E-state index in [4.69, 9.17) is 14.2 Å². The van der Waals surface area contributed by atoms with E-state index in [2.05, 4.69) is 37.2 Å². The molecule has 0 saturated carbocycles. The minimum Gasteiger partial charge on any atom is -0.493 e. The Hall–Kier alpha value is -1.67. The number of nitrogens with zero attached hydrogens (tertiary/aromatic N) is 2. The molecule has 6 nitrogen and oxygen atoms in total. The van der Waals surface area contributed by atoms with Crippen molar-refractivity contribution in [2.24, 2.45) is 0 Å². The van der Waals surface area contributed by atoms with E-state index < -0.39 is 0 Å². The van der Waals surface area contributed by atoms with Crippen LogP contribution in [0.15, 0.2) is 41.1 Å². The molecule has 1 fully saturated rings. The number of hydrogen-bond donors (Lipinski definition) is 1. The van der Waals surface area contributed by atoms with Crippen LogP contribution in [0.5, 0.6) is 11.5 Å². The maximum absolute atomic E-state index is 5.95. The van der Waals surface area contributed by atoms with Crippen LogP contribution < -0.4 is 14.8 Å². The summed E-state index contributed by atoms with van der Waals surface area (Å²) in [7, 11) is 1.66. The van der Waals surface area contributed by atoms with Gasteiger partial charge in [-0.25, -0.2) is 0 Å². The molecular weight excluding hydrogens is 410 g/mol. The fourth-order valence-corrected chi connectivity index (χ4v) is 3.55. The first-order valence-electron chi connectivity index (χ1n) is 9.15. The van der Waals surface area contributed by atoms with Crippen molar-refractivity contribution in [2.75, 3.05) is 46.5 Å². The van der Waals surface area contributed by atoms with Gasteiger partial charge in [0.05, 0.1) is 24.8 Å². The number of morpholine rings is 1. The number of halogens is 1. The van der Waals surface area contributed by atoms with Crippen LogP contribution in [-0.4, -0.2) is 56.4 Å². The third-order valence-corrected chi connectivity index (χ3v) is 5.02. The van der Waals surface area contributed by atoms with E-state index in [0.717, 1.165) is 67.3 Å². The molecule has 0 bridgehead atoms. The summed E-state index contributed by atoms with van der Waals surface area (Å²) in [6.45, 7) is 6.92. The Morgan fingerprint density at radius 3 is 2.85 bits per heavy atom. The predicted octanol–water partition coefficient (Wildman–Crippen LogP) is 2.85. The van der Waals surface area contributed by atoms with Crippen molar-refractivity contribution in [1.82, 2.24) is 15.2 Å². The standard InChI is InChI=1S/C20H26BrN3O3/c1-25-19-12-17(14-23-5-6-24-7-9-26-10-8-24)11-18(21)20(19)27-15-16-3-2-4-22-13-16/h2-4,11-13,23H,5-10,14-15H2,1H3. The highest BCUT2D eigenvalue weighted by Crippen LogP contribution is 2.37. The van der Waals surface area contributed by atoms with Gasteiger partial charge in [-0.3, -0.25) is 9.88 Å². The molecule has 1 aromatic heterocycles. The molecule has 0 radical (unpaired) electrons. The van der Waals surface area contributed by atoms with E-state index >= 15 is 0 Å². The number of hydrogen-bond acceptors (Lipinski definition) is 6. The van der Waals surface area contributed by atoms with Gasteiger partial charge in [-0.15, -0.1) is 0 Å². The quantitative estimate of drug-likeness (QED) is 0.611. The highest BCUT2D eigenvalue weighted by atomic mass is 79.9. The van der Waals surface area contributed by atoms with Crippen molar-refractivity contribution in [3.05, 3.63) is 52.3 Å². The highest BCUT2D eigenvalue weighted by molar-refractivity contribution is 9.10. The van der Waals surface area contributed by atoms with Crippen LogP contribution in [0, 0.1) is 0 Å². The molecule has 0 spiro atoms. The summed E-state index contributed by atoms with van der Waals surface area (Å²) in [4.78, 5) is 6.53. The molecule has 0 atom stereocenters. The second kappa shape index (κ2) is 10.6. The smallest absolute Gasteiger partial charge is 0.175 e. The molecule has 1 N–H and O–H groups in total. The Morgan fingerprint density at radius 2 is 2.11 bits per heavy atom. The average molecular weight is 436 g/mol. The number of pyridine rings is 1. The first-order valence-corrected chi connectivity index (χ1v) is 9.94. The molecule has 3 rings (SSSR count). The Balaban J connectivity index is 1.53. The van der Waals surface area contributed by atoms with E-state index in [1.54, 1.807) is 19.5 Å². The molecule has 7 heteroatoms. The van der Waals surface area contributed by atoms with Gasteiger partial charge in [-0.2, -0.15) is 0 Å². The maximum atomic E-state index is 5.95. The zero-order valence-electron chi connectivity index (χ0n) is 15.6. The van der Waals surface area contributed by atoms with Gasteiger partial charge in [0.15, 0.2) is 11.5 Å². The lowest BCUT2D eigenvalue weighted by Crippen LogP contribution is -2.40. The third-order valence-electron chi connectivity index (χ3n) is 4.43. The van der Waals surface area contributed by atoms with Gasteiger partial charge < -0.3 is 19.5 Å². The summed E-state index contributed by atoms with van der Waals surface area (Å²) in [5, 5.41) is 3.50. The lowest BCUT2D eigenvalue weighted by molar-refractivity contribution is 0.0384. The van der Waals surface area contributed by atoms with Crippen molar-refractivity contribution >= 4 is 15.9 Å². The zero-order chi connectivity index (χ0) is 18.9. The molecular formula is C20H26BrN3O3. The fourth-order valence-electron chi connectivity index (χ4n) is 2.95. The summed E-state index contributed by atoms with van der Waals surface area (Å²) in [6, 6.07) is 7.98. The molecule has 0 unspecified atom stereocenters. The number of rotatable bonds is 9. The topological polar surface area (TPSA) is 55.9 Å². The largest absolute Gasteiger partial charge is 0.493 e. The van der Waals surface area contributed by atoms with Gasteiger partial charge in [0.1, 0.15) is 6.61 Å². The third kappa shape index (κ3) is 6.17. The van der Waals surface area contributed by atoms with E-state index in [1.165, 1.54) is 0 Å². The van der Waals surface area contributed by atoms with Crippen LogP contribution in [0.4, 0.5) is 0 Å². The van der Waals surface area contributed by atoms with Crippen molar-refractivity contribution in [1.29, 1.82) is 0 Å². The molecule has 1 aliphatic rings. The second-order valence-corrected chi connectivity index (χ2v) is 7.24. The first kappa shape index (κ1) is 20.1. The molecule has 1 aromatic carbocycles.